The first-order valence-corrected chi connectivity index (χ1v) is 8.83. The molecule has 0 aromatic heterocycles. The Morgan fingerprint density at radius 2 is 1.81 bits per heavy atom. The lowest BCUT2D eigenvalue weighted by molar-refractivity contribution is -0.136. The zero-order valence-corrected chi connectivity index (χ0v) is 16.1. The predicted octanol–water partition coefficient (Wildman–Crippen LogP) is 2.56. The maximum atomic E-state index is 12.9. The van der Waals surface area contributed by atoms with Crippen molar-refractivity contribution in [2.45, 2.75) is 20.0 Å². The normalized spacial score (nSPS) is 15.6. The highest BCUT2D eigenvalue weighted by Gasteiger charge is 2.34. The van der Waals surface area contributed by atoms with E-state index in [2.05, 4.69) is 0 Å². The minimum absolute atomic E-state index is 0.111. The molecule has 0 aliphatic carbocycles. The molecular weight excluding hydrogens is 344 g/mol. The van der Waals surface area contributed by atoms with Crippen molar-refractivity contribution in [1.82, 2.24) is 4.90 Å². The molecule has 142 valence electrons. The molecule has 27 heavy (non-hydrogen) atoms. The Bertz CT molecular complexity index is 843. The van der Waals surface area contributed by atoms with E-state index in [-0.39, 0.29) is 25.0 Å². The Kier molecular flexibility index (Phi) is 5.35. The van der Waals surface area contributed by atoms with Gasteiger partial charge in [0.25, 0.3) is 11.8 Å². The molecule has 2 amide bonds. The van der Waals surface area contributed by atoms with Gasteiger partial charge in [0.2, 0.25) is 0 Å². The summed E-state index contributed by atoms with van der Waals surface area (Å²) >= 11 is 0. The van der Waals surface area contributed by atoms with E-state index in [1.165, 1.54) is 4.90 Å². The molecule has 2 aromatic rings. The second-order valence-electron chi connectivity index (χ2n) is 6.92. The van der Waals surface area contributed by atoms with E-state index >= 15 is 0 Å². The van der Waals surface area contributed by atoms with Crippen LogP contribution in [0.25, 0.3) is 0 Å². The van der Waals surface area contributed by atoms with Crippen molar-refractivity contribution in [2.75, 3.05) is 32.1 Å². The van der Waals surface area contributed by atoms with Crippen LogP contribution in [0.5, 0.6) is 11.5 Å². The highest BCUT2D eigenvalue weighted by molar-refractivity contribution is 5.98. The Balaban J connectivity index is 1.78. The van der Waals surface area contributed by atoms with Gasteiger partial charge in [-0.25, -0.2) is 0 Å². The zero-order chi connectivity index (χ0) is 19.6. The number of para-hydroxylation sites is 2. The fourth-order valence-corrected chi connectivity index (χ4v) is 3.13. The minimum atomic E-state index is -0.736. The van der Waals surface area contributed by atoms with E-state index < -0.39 is 6.10 Å². The number of anilines is 1. The summed E-state index contributed by atoms with van der Waals surface area (Å²) in [5.41, 5.74) is 2.80. The number of nitrogens with zero attached hydrogens (tertiary/aromatic N) is 2. The monoisotopic (exact) mass is 368 g/mol. The average molecular weight is 368 g/mol. The Morgan fingerprint density at radius 1 is 1.15 bits per heavy atom. The van der Waals surface area contributed by atoms with Gasteiger partial charge >= 0.3 is 0 Å². The van der Waals surface area contributed by atoms with Crippen molar-refractivity contribution in [3.8, 4) is 11.5 Å². The predicted molar refractivity (Wildman–Crippen MR) is 103 cm³/mol. The van der Waals surface area contributed by atoms with Gasteiger partial charge in [0.15, 0.2) is 12.7 Å². The first-order valence-electron chi connectivity index (χ1n) is 8.83. The molecule has 0 saturated heterocycles. The highest BCUT2D eigenvalue weighted by Crippen LogP contribution is 2.33. The number of aryl methyl sites for hydroxylation is 2. The molecule has 3 rings (SSSR count). The lowest BCUT2D eigenvalue weighted by Gasteiger charge is -2.35. The summed E-state index contributed by atoms with van der Waals surface area (Å²) in [6.07, 6.45) is -0.736. The van der Waals surface area contributed by atoms with Crippen LogP contribution in [-0.4, -0.2) is 50.1 Å². The van der Waals surface area contributed by atoms with E-state index in [0.29, 0.717) is 17.2 Å². The zero-order valence-electron chi connectivity index (χ0n) is 16.1. The maximum absolute atomic E-state index is 12.9. The first kappa shape index (κ1) is 18.8. The molecule has 0 saturated carbocycles. The van der Waals surface area contributed by atoms with Gasteiger partial charge < -0.3 is 19.3 Å². The molecule has 1 aliphatic heterocycles. The van der Waals surface area contributed by atoms with Gasteiger partial charge in [-0.2, -0.15) is 0 Å². The molecule has 1 atom stereocenters. The second-order valence-corrected chi connectivity index (χ2v) is 6.92. The van der Waals surface area contributed by atoms with Crippen LogP contribution in [0.3, 0.4) is 0 Å². The fraction of sp³-hybridized carbons (Fsp3) is 0.333. The van der Waals surface area contributed by atoms with Crippen LogP contribution in [0.1, 0.15) is 11.1 Å². The third kappa shape index (κ3) is 4.22. The van der Waals surface area contributed by atoms with E-state index in [9.17, 15) is 9.59 Å². The van der Waals surface area contributed by atoms with E-state index in [1.807, 2.05) is 44.2 Å². The maximum Gasteiger partial charge on any atom is 0.265 e. The molecule has 1 heterocycles. The third-order valence-corrected chi connectivity index (χ3v) is 4.35. The van der Waals surface area contributed by atoms with Crippen LogP contribution in [0, 0.1) is 13.8 Å². The summed E-state index contributed by atoms with van der Waals surface area (Å²) in [7, 11) is 3.34. The summed E-state index contributed by atoms with van der Waals surface area (Å²) in [6.45, 7) is 4.01. The smallest absolute Gasteiger partial charge is 0.265 e. The van der Waals surface area contributed by atoms with Crippen LogP contribution in [0.4, 0.5) is 5.69 Å². The quantitative estimate of drug-likeness (QED) is 0.832. The van der Waals surface area contributed by atoms with Crippen molar-refractivity contribution < 1.29 is 19.1 Å². The van der Waals surface area contributed by atoms with E-state index in [4.69, 9.17) is 9.47 Å². The number of hydrogen-bond acceptors (Lipinski definition) is 4. The number of carbonyl (C=O) groups is 2. The topological polar surface area (TPSA) is 59.1 Å². The summed E-state index contributed by atoms with van der Waals surface area (Å²) < 4.78 is 11.5. The number of rotatable bonds is 4. The van der Waals surface area contributed by atoms with Gasteiger partial charge in [0, 0.05) is 14.1 Å². The van der Waals surface area contributed by atoms with Crippen molar-refractivity contribution in [3.05, 3.63) is 53.6 Å². The van der Waals surface area contributed by atoms with Crippen LogP contribution < -0.4 is 14.4 Å². The second kappa shape index (κ2) is 7.70. The van der Waals surface area contributed by atoms with E-state index in [0.717, 1.165) is 11.1 Å². The van der Waals surface area contributed by atoms with Gasteiger partial charge in [-0.15, -0.1) is 0 Å². The molecule has 0 N–H and O–H groups in total. The van der Waals surface area contributed by atoms with Crippen LogP contribution in [0.2, 0.25) is 0 Å². The molecule has 1 aliphatic rings. The third-order valence-electron chi connectivity index (χ3n) is 4.35. The Morgan fingerprint density at radius 3 is 2.48 bits per heavy atom. The van der Waals surface area contributed by atoms with Crippen molar-refractivity contribution in [1.29, 1.82) is 0 Å². The molecule has 0 spiro atoms. The summed E-state index contributed by atoms with van der Waals surface area (Å²) in [6, 6.07) is 13.1. The molecule has 0 bridgehead atoms. The lowest BCUT2D eigenvalue weighted by atomic mass is 10.1. The van der Waals surface area contributed by atoms with Gasteiger partial charge in [0.05, 0.1) is 12.2 Å². The van der Waals surface area contributed by atoms with Gasteiger partial charge in [-0.3, -0.25) is 9.59 Å². The average Bonchev–Trinajstić information content (AvgIpc) is 2.63. The summed E-state index contributed by atoms with van der Waals surface area (Å²) in [5.74, 6) is 0.769. The largest absolute Gasteiger partial charge is 0.484 e. The lowest BCUT2D eigenvalue weighted by Crippen LogP contribution is -2.51. The molecule has 6 heteroatoms. The molecule has 1 unspecified atom stereocenters. The first-order chi connectivity index (χ1) is 12.8. The van der Waals surface area contributed by atoms with E-state index in [1.54, 1.807) is 31.1 Å². The number of benzene rings is 2. The summed E-state index contributed by atoms with van der Waals surface area (Å²) in [5, 5.41) is 0. The van der Waals surface area contributed by atoms with Gasteiger partial charge in [-0.1, -0.05) is 18.2 Å². The molecule has 6 nitrogen and oxygen atoms in total. The number of likely N-dealkylation sites (N-methyl/N-ethyl adjacent to an activating group) is 1. The SMILES string of the molecule is Cc1cc(C)cc(OCC(=O)N2CC(C(=O)N(C)C)Oc3ccccc32)c1. The number of amides is 2. The van der Waals surface area contributed by atoms with Crippen molar-refractivity contribution in [3.63, 3.8) is 0 Å². The number of carbonyl (C=O) groups excluding carboxylic acids is 2. The standard InChI is InChI=1S/C21H24N2O4/c1-14-9-15(2)11-16(10-14)26-13-20(24)23-12-19(21(25)22(3)4)27-18-8-6-5-7-17(18)23/h5-11,19H,12-13H2,1-4H3. The van der Waals surface area contributed by atoms with Crippen LogP contribution in [-0.2, 0) is 9.59 Å². The number of ether oxygens (including phenoxy) is 2. The van der Waals surface area contributed by atoms with Crippen LogP contribution in [0.15, 0.2) is 42.5 Å². The molecule has 2 aromatic carbocycles. The van der Waals surface area contributed by atoms with Gasteiger partial charge in [0.1, 0.15) is 11.5 Å². The highest BCUT2D eigenvalue weighted by atomic mass is 16.5. The van der Waals surface area contributed by atoms with Gasteiger partial charge in [-0.05, 0) is 49.2 Å². The summed E-state index contributed by atoms with van der Waals surface area (Å²) in [4.78, 5) is 28.3. The van der Waals surface area contributed by atoms with Crippen molar-refractivity contribution >= 4 is 17.5 Å². The minimum Gasteiger partial charge on any atom is -0.484 e. The molecule has 0 fully saturated rings. The Labute approximate surface area is 159 Å². The Hall–Kier alpha value is -3.02. The fourth-order valence-electron chi connectivity index (χ4n) is 3.13. The number of fused-ring (bicyclic) bond motifs is 1. The molecule has 0 radical (unpaired) electrons. The van der Waals surface area contributed by atoms with Crippen molar-refractivity contribution in [2.24, 2.45) is 0 Å². The van der Waals surface area contributed by atoms with Crippen LogP contribution >= 0.6 is 0 Å². The molecular formula is C21H24N2O4. The number of hydrogen-bond donors (Lipinski definition) is 0.